The van der Waals surface area contributed by atoms with Crippen LogP contribution in [-0.4, -0.2) is 41.2 Å². The normalized spacial score (nSPS) is 14.4. The van der Waals surface area contributed by atoms with Gasteiger partial charge in [0.15, 0.2) is 21.6 Å². The van der Waals surface area contributed by atoms with Gasteiger partial charge in [-0.3, -0.25) is 10.1 Å². The first kappa shape index (κ1) is 19.7. The minimum absolute atomic E-state index is 0.131. The Morgan fingerprint density at radius 3 is 2.72 bits per heavy atom. The highest BCUT2D eigenvalue weighted by atomic mass is 32.2. The van der Waals surface area contributed by atoms with E-state index in [9.17, 15) is 4.79 Å². The number of nitrogens with one attached hydrogen (secondary N) is 1. The number of carbonyl (C=O) groups is 1. The first-order valence-electron chi connectivity index (χ1n) is 9.07. The van der Waals surface area contributed by atoms with E-state index in [1.165, 1.54) is 11.3 Å². The van der Waals surface area contributed by atoms with E-state index >= 15 is 0 Å². The van der Waals surface area contributed by atoms with Crippen LogP contribution in [-0.2, 0) is 10.2 Å². The summed E-state index contributed by atoms with van der Waals surface area (Å²) in [5.41, 5.74) is 0.734. The van der Waals surface area contributed by atoms with E-state index in [2.05, 4.69) is 20.7 Å². The molecule has 0 bridgehead atoms. The lowest BCUT2D eigenvalue weighted by atomic mass is 10.0. The Morgan fingerprint density at radius 1 is 1.24 bits per heavy atom. The second kappa shape index (κ2) is 8.03. The highest BCUT2D eigenvalue weighted by Gasteiger charge is 2.54. The van der Waals surface area contributed by atoms with E-state index < -0.39 is 5.41 Å². The summed E-state index contributed by atoms with van der Waals surface area (Å²) in [4.78, 5) is 12.9. The molecule has 29 heavy (non-hydrogen) atoms. The van der Waals surface area contributed by atoms with Crippen molar-refractivity contribution in [1.29, 1.82) is 0 Å². The summed E-state index contributed by atoms with van der Waals surface area (Å²) in [5, 5.41) is 15.7. The number of nitrogens with zero attached hydrogens (tertiary/aromatic N) is 3. The Balaban J connectivity index is 1.53. The summed E-state index contributed by atoms with van der Waals surface area (Å²) in [5.74, 6) is 2.57. The average molecular weight is 433 g/mol. The maximum Gasteiger partial charge on any atom is 0.238 e. The van der Waals surface area contributed by atoms with Crippen LogP contribution < -0.4 is 14.8 Å². The SMILES string of the molecule is CCSc1nnc(NC(=O)C2(c3cc(-c4ccc(OC)c(OC)c4)on3)CC2)s1. The minimum Gasteiger partial charge on any atom is -0.493 e. The van der Waals surface area contributed by atoms with Crippen LogP contribution in [0.25, 0.3) is 11.3 Å². The largest absolute Gasteiger partial charge is 0.493 e. The lowest BCUT2D eigenvalue weighted by Crippen LogP contribution is -2.28. The molecule has 1 amide bonds. The third-order valence-electron chi connectivity index (χ3n) is 4.75. The van der Waals surface area contributed by atoms with Gasteiger partial charge in [0.25, 0.3) is 0 Å². The standard InChI is InChI=1S/C19H20N4O4S2/c1-4-28-18-22-21-17(29-18)20-16(24)19(7-8-19)15-10-13(27-23-15)11-5-6-12(25-2)14(9-11)26-3/h5-6,9-10H,4,7-8H2,1-3H3,(H,20,21,24). The topological polar surface area (TPSA) is 99.4 Å². The summed E-state index contributed by atoms with van der Waals surface area (Å²) in [6.07, 6.45) is 1.43. The third kappa shape index (κ3) is 3.82. The van der Waals surface area contributed by atoms with Crippen molar-refractivity contribution >= 4 is 34.1 Å². The van der Waals surface area contributed by atoms with Gasteiger partial charge in [-0.1, -0.05) is 35.2 Å². The Kier molecular flexibility index (Phi) is 5.46. The van der Waals surface area contributed by atoms with Crippen LogP contribution in [0.2, 0.25) is 0 Å². The zero-order valence-corrected chi connectivity index (χ0v) is 17.9. The molecule has 2 aromatic heterocycles. The minimum atomic E-state index is -0.679. The van der Waals surface area contributed by atoms with Crippen LogP contribution in [0, 0.1) is 0 Å². The number of rotatable bonds is 8. The van der Waals surface area contributed by atoms with Crippen molar-refractivity contribution in [3.63, 3.8) is 0 Å². The number of hydrogen-bond acceptors (Lipinski definition) is 9. The van der Waals surface area contributed by atoms with Crippen molar-refractivity contribution in [3.8, 4) is 22.8 Å². The van der Waals surface area contributed by atoms with Gasteiger partial charge in [0, 0.05) is 11.6 Å². The molecule has 0 unspecified atom stereocenters. The lowest BCUT2D eigenvalue weighted by Gasteiger charge is -2.10. The van der Waals surface area contributed by atoms with Crippen LogP contribution in [0.5, 0.6) is 11.5 Å². The first-order valence-corrected chi connectivity index (χ1v) is 10.9. The van der Waals surface area contributed by atoms with Crippen molar-refractivity contribution in [2.75, 3.05) is 25.3 Å². The molecular weight excluding hydrogens is 412 g/mol. The molecule has 1 saturated carbocycles. The smallest absolute Gasteiger partial charge is 0.238 e. The molecule has 152 valence electrons. The maximum atomic E-state index is 12.9. The number of methoxy groups -OCH3 is 2. The molecule has 0 spiro atoms. The van der Waals surface area contributed by atoms with Gasteiger partial charge in [-0.25, -0.2) is 0 Å². The number of aromatic nitrogens is 3. The fraction of sp³-hybridized carbons (Fsp3) is 0.368. The molecule has 1 N–H and O–H groups in total. The summed E-state index contributed by atoms with van der Waals surface area (Å²) in [6.45, 7) is 2.05. The molecule has 1 aliphatic carbocycles. The summed E-state index contributed by atoms with van der Waals surface area (Å²) >= 11 is 2.97. The predicted octanol–water partition coefficient (Wildman–Crippen LogP) is 3.99. The monoisotopic (exact) mass is 432 g/mol. The molecule has 4 rings (SSSR count). The van der Waals surface area contributed by atoms with Crippen molar-refractivity contribution in [2.24, 2.45) is 0 Å². The zero-order chi connectivity index (χ0) is 20.4. The Morgan fingerprint density at radius 2 is 2.03 bits per heavy atom. The molecule has 0 saturated heterocycles. The van der Waals surface area contributed by atoms with Crippen molar-refractivity contribution in [3.05, 3.63) is 30.0 Å². The molecule has 1 fully saturated rings. The van der Waals surface area contributed by atoms with Gasteiger partial charge in [-0.2, -0.15) is 0 Å². The molecule has 8 nitrogen and oxygen atoms in total. The van der Waals surface area contributed by atoms with Crippen molar-refractivity contribution in [2.45, 2.75) is 29.5 Å². The molecule has 1 aliphatic rings. The molecule has 0 radical (unpaired) electrons. The van der Waals surface area contributed by atoms with Crippen LogP contribution in [0.1, 0.15) is 25.5 Å². The number of thioether (sulfide) groups is 1. The number of carbonyl (C=O) groups excluding carboxylic acids is 1. The second-order valence-corrected chi connectivity index (χ2v) is 8.98. The molecule has 10 heteroatoms. The Bertz CT molecular complexity index is 1030. The Hall–Kier alpha value is -2.59. The van der Waals surface area contributed by atoms with Crippen molar-refractivity contribution in [1.82, 2.24) is 15.4 Å². The van der Waals surface area contributed by atoms with E-state index in [4.69, 9.17) is 14.0 Å². The molecular formula is C19H20N4O4S2. The van der Waals surface area contributed by atoms with Gasteiger partial charge < -0.3 is 14.0 Å². The number of ether oxygens (including phenoxy) is 2. The summed E-state index contributed by atoms with van der Waals surface area (Å²) in [7, 11) is 3.16. The van der Waals surface area contributed by atoms with Crippen LogP contribution in [0.4, 0.5) is 5.13 Å². The highest BCUT2D eigenvalue weighted by Crippen LogP contribution is 2.49. The number of hydrogen-bond donors (Lipinski definition) is 1. The number of anilines is 1. The zero-order valence-electron chi connectivity index (χ0n) is 16.2. The van der Waals surface area contributed by atoms with Crippen LogP contribution in [0.15, 0.2) is 33.1 Å². The highest BCUT2D eigenvalue weighted by molar-refractivity contribution is 8.01. The summed E-state index contributed by atoms with van der Waals surface area (Å²) < 4.78 is 17.0. The third-order valence-corrected chi connectivity index (χ3v) is 6.60. The first-order chi connectivity index (χ1) is 14.1. The van der Waals surface area contributed by atoms with Crippen molar-refractivity contribution < 1.29 is 18.8 Å². The van der Waals surface area contributed by atoms with Gasteiger partial charge >= 0.3 is 0 Å². The molecule has 2 heterocycles. The number of benzene rings is 1. The molecule has 3 aromatic rings. The Labute approximate surface area is 176 Å². The van der Waals surface area contributed by atoms with E-state index in [1.54, 1.807) is 32.0 Å². The lowest BCUT2D eigenvalue weighted by molar-refractivity contribution is -0.118. The van der Waals surface area contributed by atoms with Crippen LogP contribution in [0.3, 0.4) is 0 Å². The maximum absolute atomic E-state index is 12.9. The fourth-order valence-corrected chi connectivity index (χ4v) is 4.65. The van der Waals surface area contributed by atoms with Crippen LogP contribution >= 0.6 is 23.1 Å². The van der Waals surface area contributed by atoms with E-state index in [0.29, 0.717) is 40.9 Å². The predicted molar refractivity (Wildman–Crippen MR) is 111 cm³/mol. The number of amides is 1. The quantitative estimate of drug-likeness (QED) is 0.421. The molecule has 0 aliphatic heterocycles. The molecule has 0 atom stereocenters. The average Bonchev–Trinajstić information content (AvgIpc) is 3.18. The second-order valence-electron chi connectivity index (χ2n) is 6.49. The fourth-order valence-electron chi connectivity index (χ4n) is 3.01. The van der Waals surface area contributed by atoms with E-state index in [-0.39, 0.29) is 5.91 Å². The van der Waals surface area contributed by atoms with Gasteiger partial charge in [0.05, 0.1) is 25.3 Å². The molecule has 1 aromatic carbocycles. The van der Waals surface area contributed by atoms with Gasteiger partial charge in [-0.15, -0.1) is 10.2 Å². The summed E-state index contributed by atoms with van der Waals surface area (Å²) in [6, 6.07) is 7.29. The van der Waals surface area contributed by atoms with E-state index in [1.807, 2.05) is 25.1 Å². The van der Waals surface area contributed by atoms with Gasteiger partial charge in [-0.05, 0) is 36.8 Å². The van der Waals surface area contributed by atoms with Gasteiger partial charge in [0.1, 0.15) is 0 Å². The van der Waals surface area contributed by atoms with Gasteiger partial charge in [0.2, 0.25) is 11.0 Å². The van der Waals surface area contributed by atoms with E-state index in [0.717, 1.165) is 15.7 Å².